The highest BCUT2D eigenvalue weighted by atomic mass is 32.2. The lowest BCUT2D eigenvalue weighted by molar-refractivity contribution is 0.198. The molecule has 8 heteroatoms. The summed E-state index contributed by atoms with van der Waals surface area (Å²) in [6, 6.07) is 1.49. The summed E-state index contributed by atoms with van der Waals surface area (Å²) < 4.78 is 51.3. The van der Waals surface area contributed by atoms with Gasteiger partial charge in [-0.15, -0.1) is 0 Å². The van der Waals surface area contributed by atoms with E-state index in [1.165, 1.54) is 6.92 Å². The van der Waals surface area contributed by atoms with Gasteiger partial charge >= 0.3 is 0 Å². The first kappa shape index (κ1) is 13.8. The van der Waals surface area contributed by atoms with Gasteiger partial charge in [0.2, 0.25) is 10.0 Å². The van der Waals surface area contributed by atoms with E-state index in [9.17, 15) is 17.2 Å². The number of hydrogen-bond acceptors (Lipinski definition) is 4. The van der Waals surface area contributed by atoms with Gasteiger partial charge in [0.15, 0.2) is 11.6 Å². The molecule has 17 heavy (non-hydrogen) atoms. The lowest BCUT2D eigenvalue weighted by Crippen LogP contribution is -2.31. The summed E-state index contributed by atoms with van der Waals surface area (Å²) in [5.74, 6) is -2.85. The molecule has 0 saturated carbocycles. The van der Waals surface area contributed by atoms with Crippen LogP contribution in [0.25, 0.3) is 0 Å². The molecule has 96 valence electrons. The van der Waals surface area contributed by atoms with Crippen LogP contribution in [0.3, 0.4) is 0 Å². The van der Waals surface area contributed by atoms with Crippen LogP contribution >= 0.6 is 0 Å². The Hall–Kier alpha value is -1.25. The fourth-order valence-electron chi connectivity index (χ4n) is 1.09. The van der Waals surface area contributed by atoms with E-state index in [1.807, 2.05) is 4.72 Å². The minimum absolute atomic E-state index is 0.207. The molecule has 0 radical (unpaired) electrons. The Balaban J connectivity index is 3.15. The highest BCUT2D eigenvalue weighted by Gasteiger charge is 2.22. The predicted molar refractivity (Wildman–Crippen MR) is 57.6 cm³/mol. The summed E-state index contributed by atoms with van der Waals surface area (Å²) in [6.45, 7) is 1.04. The van der Waals surface area contributed by atoms with E-state index in [2.05, 4.69) is 0 Å². The van der Waals surface area contributed by atoms with Crippen molar-refractivity contribution in [2.24, 2.45) is 0 Å². The number of halogens is 2. The Morgan fingerprint density at radius 3 is 2.59 bits per heavy atom. The van der Waals surface area contributed by atoms with Gasteiger partial charge in [-0.2, -0.15) is 0 Å². The number of nitrogens with two attached hydrogens (primary N) is 1. The number of benzene rings is 1. The smallest absolute Gasteiger partial charge is 0.243 e. The summed E-state index contributed by atoms with van der Waals surface area (Å²) in [4.78, 5) is -0.879. The van der Waals surface area contributed by atoms with Gasteiger partial charge in [0.25, 0.3) is 0 Å². The second-order valence-corrected chi connectivity index (χ2v) is 5.25. The predicted octanol–water partition coefficient (Wildman–Crippen LogP) is 0.206. The van der Waals surface area contributed by atoms with Gasteiger partial charge in [-0.25, -0.2) is 21.9 Å². The van der Waals surface area contributed by atoms with Crippen LogP contribution in [0, 0.1) is 11.6 Å². The van der Waals surface area contributed by atoms with Crippen molar-refractivity contribution < 1.29 is 22.3 Å². The number of anilines is 1. The monoisotopic (exact) mass is 266 g/mol. The van der Waals surface area contributed by atoms with Crippen molar-refractivity contribution in [3.05, 3.63) is 23.8 Å². The third-order valence-electron chi connectivity index (χ3n) is 1.88. The van der Waals surface area contributed by atoms with Crippen molar-refractivity contribution in [3.8, 4) is 0 Å². The summed E-state index contributed by atoms with van der Waals surface area (Å²) in [6.07, 6.45) is -0.946. The molecule has 0 heterocycles. The van der Waals surface area contributed by atoms with E-state index in [1.54, 1.807) is 0 Å². The summed E-state index contributed by atoms with van der Waals surface area (Å²) in [7, 11) is -4.24. The second kappa shape index (κ2) is 4.94. The molecule has 0 aliphatic heterocycles. The first-order valence-electron chi connectivity index (χ1n) is 4.66. The zero-order valence-corrected chi connectivity index (χ0v) is 9.76. The molecule has 0 bridgehead atoms. The second-order valence-electron chi connectivity index (χ2n) is 3.52. The van der Waals surface area contributed by atoms with Crippen molar-refractivity contribution in [2.45, 2.75) is 17.9 Å². The molecule has 1 atom stereocenters. The lowest BCUT2D eigenvalue weighted by atomic mass is 10.3. The summed E-state index contributed by atoms with van der Waals surface area (Å²) in [5.41, 5.74) is 5.03. The van der Waals surface area contributed by atoms with Crippen LogP contribution in [0.1, 0.15) is 6.92 Å². The van der Waals surface area contributed by atoms with Crippen LogP contribution in [0.2, 0.25) is 0 Å². The van der Waals surface area contributed by atoms with Crippen LogP contribution < -0.4 is 10.5 Å². The van der Waals surface area contributed by atoms with Gasteiger partial charge in [-0.05, 0) is 19.1 Å². The Morgan fingerprint density at radius 1 is 1.47 bits per heavy atom. The zero-order valence-electron chi connectivity index (χ0n) is 8.94. The molecule has 0 aliphatic carbocycles. The van der Waals surface area contributed by atoms with Crippen molar-refractivity contribution in [1.82, 2.24) is 4.72 Å². The largest absolute Gasteiger partial charge is 0.399 e. The molecular formula is C9H12F2N2O3S. The van der Waals surface area contributed by atoms with Crippen molar-refractivity contribution in [1.29, 1.82) is 0 Å². The van der Waals surface area contributed by atoms with E-state index in [0.717, 1.165) is 6.07 Å². The number of sulfonamides is 1. The van der Waals surface area contributed by atoms with Crippen LogP contribution in [-0.4, -0.2) is 26.2 Å². The minimum atomic E-state index is -4.24. The number of aliphatic hydroxyl groups excluding tert-OH is 1. The van der Waals surface area contributed by atoms with Crippen LogP contribution in [0.5, 0.6) is 0 Å². The summed E-state index contributed by atoms with van der Waals surface area (Å²) >= 11 is 0. The van der Waals surface area contributed by atoms with Crippen LogP contribution in [0.4, 0.5) is 14.5 Å². The van der Waals surface area contributed by atoms with E-state index in [-0.39, 0.29) is 12.2 Å². The molecule has 0 aliphatic rings. The standard InChI is InChI=1S/C9H12F2N2O3S/c1-5(14)4-13-17(15,16)8-3-6(12)2-7(10)9(8)11/h2-3,5,13-14H,4,12H2,1H3/t5-/m1/s1. The maximum atomic E-state index is 13.3. The molecule has 0 saturated heterocycles. The van der Waals surface area contributed by atoms with E-state index in [4.69, 9.17) is 10.8 Å². The van der Waals surface area contributed by atoms with E-state index < -0.39 is 32.7 Å². The third kappa shape index (κ3) is 3.35. The maximum Gasteiger partial charge on any atom is 0.243 e. The first-order valence-corrected chi connectivity index (χ1v) is 6.14. The number of nitrogen functional groups attached to an aromatic ring is 1. The van der Waals surface area contributed by atoms with Gasteiger partial charge in [0.1, 0.15) is 4.90 Å². The maximum absolute atomic E-state index is 13.3. The Bertz CT molecular complexity index is 517. The molecule has 4 N–H and O–H groups in total. The molecule has 1 aromatic rings. The normalized spacial score (nSPS) is 13.6. The van der Waals surface area contributed by atoms with Crippen molar-refractivity contribution >= 4 is 15.7 Å². The number of aliphatic hydroxyl groups is 1. The number of rotatable bonds is 4. The van der Waals surface area contributed by atoms with Crippen LogP contribution in [0.15, 0.2) is 17.0 Å². The fourth-order valence-corrected chi connectivity index (χ4v) is 2.33. The summed E-state index contributed by atoms with van der Waals surface area (Å²) in [5, 5.41) is 8.92. The number of hydrogen-bond donors (Lipinski definition) is 3. The van der Waals surface area contributed by atoms with Gasteiger partial charge < -0.3 is 10.8 Å². The highest BCUT2D eigenvalue weighted by molar-refractivity contribution is 7.89. The minimum Gasteiger partial charge on any atom is -0.399 e. The Kier molecular flexibility index (Phi) is 4.02. The molecule has 0 aromatic heterocycles. The molecule has 1 aromatic carbocycles. The SMILES string of the molecule is C[C@@H](O)CNS(=O)(=O)c1cc(N)cc(F)c1F. The average molecular weight is 266 g/mol. The topological polar surface area (TPSA) is 92.4 Å². The average Bonchev–Trinajstić information content (AvgIpc) is 2.20. The third-order valence-corrected chi connectivity index (χ3v) is 3.30. The molecule has 0 unspecified atom stereocenters. The van der Waals surface area contributed by atoms with Gasteiger partial charge in [0, 0.05) is 12.2 Å². The molecular weight excluding hydrogens is 254 g/mol. The molecule has 0 fully saturated rings. The fraction of sp³-hybridized carbons (Fsp3) is 0.333. The lowest BCUT2D eigenvalue weighted by Gasteiger charge is -2.10. The van der Waals surface area contributed by atoms with Crippen molar-refractivity contribution in [3.63, 3.8) is 0 Å². The van der Waals surface area contributed by atoms with Crippen molar-refractivity contribution in [2.75, 3.05) is 12.3 Å². The van der Waals surface area contributed by atoms with Crippen LogP contribution in [-0.2, 0) is 10.0 Å². The quantitative estimate of drug-likeness (QED) is 0.679. The van der Waals surface area contributed by atoms with E-state index >= 15 is 0 Å². The van der Waals surface area contributed by atoms with Gasteiger partial charge in [-0.3, -0.25) is 0 Å². The number of nitrogens with one attached hydrogen (secondary N) is 1. The Morgan fingerprint density at radius 2 is 2.06 bits per heavy atom. The zero-order chi connectivity index (χ0) is 13.2. The molecule has 0 spiro atoms. The van der Waals surface area contributed by atoms with E-state index in [0.29, 0.717) is 6.07 Å². The Labute approximate surface area is 97.3 Å². The first-order chi connectivity index (χ1) is 7.74. The molecule has 1 rings (SSSR count). The van der Waals surface area contributed by atoms with Gasteiger partial charge in [-0.1, -0.05) is 0 Å². The molecule has 0 amide bonds. The van der Waals surface area contributed by atoms with Gasteiger partial charge in [0.05, 0.1) is 6.10 Å². The highest BCUT2D eigenvalue weighted by Crippen LogP contribution is 2.20. The molecule has 5 nitrogen and oxygen atoms in total.